The number of hydrogen-bond acceptors (Lipinski definition) is 4. The average Bonchev–Trinajstić information content (AvgIpc) is 3.24. The Balaban J connectivity index is 1.06. The monoisotopic (exact) mass is 458 g/mol. The predicted molar refractivity (Wildman–Crippen MR) is 132 cm³/mol. The molecule has 3 aromatic rings. The first-order valence-corrected chi connectivity index (χ1v) is 12.9. The molecule has 3 atom stereocenters. The maximum atomic E-state index is 13.5. The van der Waals surface area contributed by atoms with Crippen LogP contribution in [0.25, 0.3) is 11.0 Å². The summed E-state index contributed by atoms with van der Waals surface area (Å²) in [6, 6.07) is 18.2. The van der Waals surface area contributed by atoms with Crippen molar-refractivity contribution in [3.8, 4) is 0 Å². The van der Waals surface area contributed by atoms with Gasteiger partial charge >= 0.3 is 0 Å². The van der Waals surface area contributed by atoms with Crippen LogP contribution in [0.15, 0.2) is 65.3 Å². The maximum absolute atomic E-state index is 13.5. The molecule has 2 aliphatic carbocycles. The van der Waals surface area contributed by atoms with Crippen LogP contribution in [0.1, 0.15) is 43.2 Å². The zero-order chi connectivity index (χ0) is 23.1. The summed E-state index contributed by atoms with van der Waals surface area (Å²) in [7, 11) is 0. The molecular weight excluding hydrogens is 424 g/mol. The number of piperidine rings is 1. The Bertz CT molecular complexity index is 1140. The van der Waals surface area contributed by atoms with E-state index in [2.05, 4.69) is 28.4 Å². The van der Waals surface area contributed by atoms with Crippen LogP contribution in [-0.4, -0.2) is 41.6 Å². The molecule has 5 nitrogen and oxygen atoms in total. The molecule has 2 N–H and O–H groups in total. The quantitative estimate of drug-likeness (QED) is 0.548. The van der Waals surface area contributed by atoms with Crippen molar-refractivity contribution < 1.29 is 14.3 Å². The average molecular weight is 459 g/mol. The van der Waals surface area contributed by atoms with E-state index < -0.39 is 5.60 Å². The number of rotatable bonds is 7. The fourth-order valence-corrected chi connectivity index (χ4v) is 6.50. The standard InChI is InChI=1S/C29H34N2O3/c32-28(29(33,22-7-3-1-4-8-22)23-9-5-2-6-10-23)30-27-24-18-31(19-25(24)27)15-13-20-11-12-26-21(17-20)14-16-34-26/h1,3-4,7-8,11-12,14,16-17,23-25,27,33H,2,5-6,9-10,13,15,18-19H2,(H,30,32). The molecule has 1 aliphatic heterocycles. The molecule has 1 amide bonds. The van der Waals surface area contributed by atoms with Gasteiger partial charge in [0.1, 0.15) is 5.58 Å². The zero-order valence-electron chi connectivity index (χ0n) is 19.7. The number of nitrogens with one attached hydrogen (secondary N) is 1. The molecule has 34 heavy (non-hydrogen) atoms. The number of hydrogen-bond donors (Lipinski definition) is 2. The van der Waals surface area contributed by atoms with Crippen LogP contribution in [-0.2, 0) is 16.8 Å². The highest BCUT2D eigenvalue weighted by molar-refractivity contribution is 5.87. The summed E-state index contributed by atoms with van der Waals surface area (Å²) in [6.07, 6.45) is 7.95. The highest BCUT2D eigenvalue weighted by atomic mass is 16.3. The van der Waals surface area contributed by atoms with Crippen molar-refractivity contribution in [3.05, 3.63) is 72.0 Å². The van der Waals surface area contributed by atoms with Crippen molar-refractivity contribution in [2.75, 3.05) is 19.6 Å². The van der Waals surface area contributed by atoms with Crippen LogP contribution >= 0.6 is 0 Å². The van der Waals surface area contributed by atoms with Crippen molar-refractivity contribution >= 4 is 16.9 Å². The third kappa shape index (κ3) is 3.95. The summed E-state index contributed by atoms with van der Waals surface area (Å²) in [6.45, 7) is 3.08. The first kappa shape index (κ1) is 21.9. The minimum absolute atomic E-state index is 0.00805. The van der Waals surface area contributed by atoms with Crippen molar-refractivity contribution in [2.24, 2.45) is 17.8 Å². The van der Waals surface area contributed by atoms with Gasteiger partial charge in [0.05, 0.1) is 6.26 Å². The number of carbonyl (C=O) groups is 1. The molecule has 0 spiro atoms. The Morgan fingerprint density at radius 1 is 1.03 bits per heavy atom. The van der Waals surface area contributed by atoms with Crippen LogP contribution in [0.2, 0.25) is 0 Å². The van der Waals surface area contributed by atoms with E-state index in [0.29, 0.717) is 11.8 Å². The van der Waals surface area contributed by atoms with Gasteiger partial charge in [-0.2, -0.15) is 0 Å². The van der Waals surface area contributed by atoms with Crippen molar-refractivity contribution in [1.82, 2.24) is 10.2 Å². The summed E-state index contributed by atoms with van der Waals surface area (Å²) in [5.41, 5.74) is 1.58. The van der Waals surface area contributed by atoms with Crippen molar-refractivity contribution in [3.63, 3.8) is 0 Å². The predicted octanol–water partition coefficient (Wildman–Crippen LogP) is 4.49. The van der Waals surface area contributed by atoms with Gasteiger partial charge < -0.3 is 19.7 Å². The van der Waals surface area contributed by atoms with E-state index in [4.69, 9.17) is 4.42 Å². The largest absolute Gasteiger partial charge is 0.464 e. The molecule has 2 saturated carbocycles. The van der Waals surface area contributed by atoms with E-state index >= 15 is 0 Å². The van der Waals surface area contributed by atoms with Crippen molar-refractivity contribution in [1.29, 1.82) is 0 Å². The molecule has 3 aliphatic rings. The lowest BCUT2D eigenvalue weighted by Crippen LogP contribution is -2.52. The third-order valence-corrected chi connectivity index (χ3v) is 8.56. The second-order valence-corrected chi connectivity index (χ2v) is 10.6. The Labute approximate surface area is 201 Å². The van der Waals surface area contributed by atoms with Gasteiger partial charge in [-0.1, -0.05) is 55.7 Å². The number of carbonyl (C=O) groups excluding carboxylic acids is 1. The highest BCUT2D eigenvalue weighted by Crippen LogP contribution is 2.47. The minimum Gasteiger partial charge on any atom is -0.464 e. The smallest absolute Gasteiger partial charge is 0.257 e. The molecule has 5 heteroatoms. The van der Waals surface area contributed by atoms with Gasteiger partial charge in [-0.3, -0.25) is 4.79 Å². The Kier molecular flexibility index (Phi) is 5.70. The molecule has 0 bridgehead atoms. The number of aliphatic hydroxyl groups is 1. The molecule has 178 valence electrons. The summed E-state index contributed by atoms with van der Waals surface area (Å²) < 4.78 is 5.44. The summed E-state index contributed by atoms with van der Waals surface area (Å²) in [5.74, 6) is 0.814. The summed E-state index contributed by atoms with van der Waals surface area (Å²) in [5, 5.41) is 16.2. The topological polar surface area (TPSA) is 65.7 Å². The lowest BCUT2D eigenvalue weighted by molar-refractivity contribution is -0.149. The maximum Gasteiger partial charge on any atom is 0.257 e. The van der Waals surface area contributed by atoms with Crippen LogP contribution in [0, 0.1) is 17.8 Å². The molecule has 1 aromatic heterocycles. The fourth-order valence-electron chi connectivity index (χ4n) is 6.50. The van der Waals surface area contributed by atoms with E-state index in [9.17, 15) is 9.90 Å². The second kappa shape index (κ2) is 8.86. The fraction of sp³-hybridized carbons (Fsp3) is 0.483. The van der Waals surface area contributed by atoms with Crippen LogP contribution < -0.4 is 5.32 Å². The van der Waals surface area contributed by atoms with E-state index in [1.807, 2.05) is 36.4 Å². The number of furan rings is 1. The number of nitrogens with zero attached hydrogens (tertiary/aromatic N) is 1. The molecular formula is C29H34N2O3. The molecule has 2 aromatic carbocycles. The number of benzene rings is 2. The number of amides is 1. The molecule has 2 heterocycles. The Morgan fingerprint density at radius 2 is 1.79 bits per heavy atom. The van der Waals surface area contributed by atoms with E-state index in [1.165, 1.54) is 12.0 Å². The summed E-state index contributed by atoms with van der Waals surface area (Å²) >= 11 is 0. The lowest BCUT2D eigenvalue weighted by atomic mass is 9.73. The van der Waals surface area contributed by atoms with E-state index in [-0.39, 0.29) is 17.9 Å². The normalized spacial score (nSPS) is 26.8. The van der Waals surface area contributed by atoms with E-state index in [1.54, 1.807) is 6.26 Å². The van der Waals surface area contributed by atoms with Gasteiger partial charge in [0.15, 0.2) is 5.60 Å². The second-order valence-electron chi connectivity index (χ2n) is 10.6. The van der Waals surface area contributed by atoms with Gasteiger partial charge in [-0.05, 0) is 60.4 Å². The summed E-state index contributed by atoms with van der Waals surface area (Å²) in [4.78, 5) is 16.1. The zero-order valence-corrected chi connectivity index (χ0v) is 19.7. The first-order chi connectivity index (χ1) is 16.6. The highest BCUT2D eigenvalue weighted by Gasteiger charge is 2.58. The molecule has 6 rings (SSSR count). The van der Waals surface area contributed by atoms with Gasteiger partial charge in [-0.15, -0.1) is 0 Å². The number of likely N-dealkylation sites (tertiary alicyclic amines) is 1. The third-order valence-electron chi connectivity index (χ3n) is 8.56. The Hall–Kier alpha value is -2.63. The van der Waals surface area contributed by atoms with Gasteiger partial charge in [0, 0.05) is 37.0 Å². The molecule has 3 unspecified atom stereocenters. The van der Waals surface area contributed by atoms with Crippen molar-refractivity contribution in [2.45, 2.75) is 50.2 Å². The minimum atomic E-state index is -1.43. The van der Waals surface area contributed by atoms with Crippen LogP contribution in [0.5, 0.6) is 0 Å². The van der Waals surface area contributed by atoms with Gasteiger partial charge in [-0.25, -0.2) is 0 Å². The van der Waals surface area contributed by atoms with Crippen LogP contribution in [0.4, 0.5) is 0 Å². The molecule has 3 fully saturated rings. The van der Waals surface area contributed by atoms with Crippen LogP contribution in [0.3, 0.4) is 0 Å². The SMILES string of the molecule is O=C(NC1C2CN(CCc3ccc4occc4c3)CC21)C(O)(c1ccccc1)C1CCCCC1. The first-order valence-electron chi connectivity index (χ1n) is 12.9. The van der Waals surface area contributed by atoms with Gasteiger partial charge in [0.25, 0.3) is 5.91 Å². The lowest BCUT2D eigenvalue weighted by Gasteiger charge is -2.38. The number of fused-ring (bicyclic) bond motifs is 2. The molecule has 0 radical (unpaired) electrons. The molecule has 1 saturated heterocycles. The Morgan fingerprint density at radius 3 is 2.56 bits per heavy atom. The van der Waals surface area contributed by atoms with Gasteiger partial charge in [0.2, 0.25) is 0 Å². The van der Waals surface area contributed by atoms with E-state index in [0.717, 1.165) is 68.3 Å².